The van der Waals surface area contributed by atoms with E-state index in [0.717, 1.165) is 37.7 Å². The summed E-state index contributed by atoms with van der Waals surface area (Å²) in [7, 11) is 0. The van der Waals surface area contributed by atoms with Crippen LogP contribution in [0.3, 0.4) is 0 Å². The maximum atomic E-state index is 13.2. The Morgan fingerprint density at radius 2 is 1.58 bits per heavy atom. The van der Waals surface area contributed by atoms with Crippen LogP contribution in [0.4, 0.5) is 17.6 Å². The van der Waals surface area contributed by atoms with Crippen LogP contribution in [0.25, 0.3) is 0 Å². The van der Waals surface area contributed by atoms with E-state index in [2.05, 4.69) is 25.6 Å². The second kappa shape index (κ2) is 7.46. The summed E-state index contributed by atoms with van der Waals surface area (Å²) < 4.78 is 52.1. The first-order valence-corrected chi connectivity index (χ1v) is 10.7. The van der Waals surface area contributed by atoms with Gasteiger partial charge in [0.2, 0.25) is 5.82 Å². The smallest absolute Gasteiger partial charge is 0.345 e. The van der Waals surface area contributed by atoms with Gasteiger partial charge < -0.3 is 10.6 Å². The Morgan fingerprint density at radius 3 is 2.15 bits per heavy atom. The average molecular weight is 463 g/mol. The van der Waals surface area contributed by atoms with Gasteiger partial charge in [-0.3, -0.25) is 9.59 Å². The number of amides is 2. The number of nitrogens with one attached hydrogen (secondary N) is 2. The van der Waals surface area contributed by atoms with Gasteiger partial charge in [0.05, 0.1) is 6.20 Å². The zero-order valence-electron chi connectivity index (χ0n) is 17.5. The molecule has 0 aromatic carbocycles. The van der Waals surface area contributed by atoms with Crippen molar-refractivity contribution in [2.45, 2.75) is 55.8 Å². The van der Waals surface area contributed by atoms with Crippen LogP contribution in [0.15, 0.2) is 30.6 Å². The predicted molar refractivity (Wildman–Crippen MR) is 106 cm³/mol. The Kier molecular flexibility index (Phi) is 4.91. The lowest BCUT2D eigenvalue weighted by Gasteiger charge is -2.62. The molecule has 2 aromatic rings. The summed E-state index contributed by atoms with van der Waals surface area (Å²) in [4.78, 5) is 36.6. The van der Waals surface area contributed by atoms with E-state index in [4.69, 9.17) is 0 Å². The third-order valence-electron chi connectivity index (χ3n) is 6.93. The van der Waals surface area contributed by atoms with Gasteiger partial charge in [-0.15, -0.1) is 0 Å². The molecule has 0 radical (unpaired) electrons. The highest BCUT2D eigenvalue weighted by molar-refractivity contribution is 5.93. The number of rotatable bonds is 4. The molecule has 174 valence electrons. The molecule has 0 aliphatic heterocycles. The number of carbonyl (C=O) groups is 2. The predicted octanol–water partition coefficient (Wildman–Crippen LogP) is 3.28. The number of hydrogen-bond donors (Lipinski definition) is 2. The monoisotopic (exact) mass is 463 g/mol. The lowest BCUT2D eigenvalue weighted by molar-refractivity contribution is -0.141. The van der Waals surface area contributed by atoms with Gasteiger partial charge in [-0.2, -0.15) is 13.2 Å². The first-order valence-electron chi connectivity index (χ1n) is 10.7. The minimum atomic E-state index is -4.68. The van der Waals surface area contributed by atoms with Gasteiger partial charge in [-0.25, -0.2) is 19.3 Å². The van der Waals surface area contributed by atoms with E-state index < -0.39 is 46.4 Å². The third-order valence-corrected chi connectivity index (χ3v) is 6.93. The van der Waals surface area contributed by atoms with E-state index in [-0.39, 0.29) is 17.5 Å². The molecule has 2 amide bonds. The minimum Gasteiger partial charge on any atom is -0.345 e. The van der Waals surface area contributed by atoms with Crippen molar-refractivity contribution in [3.8, 4) is 0 Å². The summed E-state index contributed by atoms with van der Waals surface area (Å²) in [5, 5.41) is 5.99. The highest BCUT2D eigenvalue weighted by Gasteiger charge is 2.59. The minimum absolute atomic E-state index is 0.0996. The zero-order valence-corrected chi connectivity index (χ0v) is 17.5. The third kappa shape index (κ3) is 4.16. The molecule has 2 N–H and O–H groups in total. The van der Waals surface area contributed by atoms with Crippen molar-refractivity contribution in [3.63, 3.8) is 0 Å². The maximum Gasteiger partial charge on any atom is 0.433 e. The summed E-state index contributed by atoms with van der Waals surface area (Å²) in [5.41, 5.74) is -2.31. The highest BCUT2D eigenvalue weighted by atomic mass is 19.4. The lowest BCUT2D eigenvalue weighted by Crippen LogP contribution is -2.70. The fraction of sp³-hybridized carbons (Fsp3) is 0.500. The Labute approximate surface area is 186 Å². The van der Waals surface area contributed by atoms with Crippen molar-refractivity contribution in [3.05, 3.63) is 53.6 Å². The average Bonchev–Trinajstić information content (AvgIpc) is 2.72. The fourth-order valence-electron chi connectivity index (χ4n) is 6.29. The van der Waals surface area contributed by atoms with Crippen LogP contribution in [0.5, 0.6) is 0 Å². The molecule has 7 nitrogen and oxygen atoms in total. The number of aromatic nitrogens is 3. The highest BCUT2D eigenvalue weighted by Crippen LogP contribution is 2.57. The molecule has 4 saturated carbocycles. The van der Waals surface area contributed by atoms with Crippen molar-refractivity contribution < 1.29 is 27.2 Å². The Morgan fingerprint density at radius 1 is 0.939 bits per heavy atom. The van der Waals surface area contributed by atoms with Crippen molar-refractivity contribution in [2.75, 3.05) is 0 Å². The number of halogens is 4. The topological polar surface area (TPSA) is 96.9 Å². The summed E-state index contributed by atoms with van der Waals surface area (Å²) >= 11 is 0. The van der Waals surface area contributed by atoms with Crippen LogP contribution in [0, 0.1) is 17.7 Å². The molecule has 4 fully saturated rings. The summed E-state index contributed by atoms with van der Waals surface area (Å²) in [6, 6.07) is 3.20. The molecule has 4 aliphatic rings. The van der Waals surface area contributed by atoms with E-state index in [1.165, 1.54) is 12.1 Å². The number of nitrogens with zero attached hydrogens (tertiary/aromatic N) is 3. The Hall–Kier alpha value is -3.11. The summed E-state index contributed by atoms with van der Waals surface area (Å²) in [6.45, 7) is 0. The molecule has 11 heteroatoms. The van der Waals surface area contributed by atoms with E-state index >= 15 is 0 Å². The molecule has 6 rings (SSSR count). The summed E-state index contributed by atoms with van der Waals surface area (Å²) in [6.07, 6.45) is 1.49. The van der Waals surface area contributed by atoms with Crippen LogP contribution in [-0.2, 0) is 6.18 Å². The normalized spacial score (nSPS) is 30.2. The second-order valence-corrected chi connectivity index (χ2v) is 9.55. The molecule has 0 saturated heterocycles. The van der Waals surface area contributed by atoms with Crippen LogP contribution in [-0.4, -0.2) is 37.8 Å². The molecule has 2 atom stereocenters. The number of alkyl halides is 3. The van der Waals surface area contributed by atoms with Crippen LogP contribution in [0.1, 0.15) is 65.3 Å². The molecule has 33 heavy (non-hydrogen) atoms. The number of carbonyl (C=O) groups excluding carboxylic acids is 2. The van der Waals surface area contributed by atoms with Gasteiger partial charge in [-0.05, 0) is 68.6 Å². The fourth-order valence-corrected chi connectivity index (χ4v) is 6.29. The van der Waals surface area contributed by atoms with Crippen LogP contribution < -0.4 is 10.6 Å². The van der Waals surface area contributed by atoms with E-state index in [9.17, 15) is 27.2 Å². The lowest BCUT2D eigenvalue weighted by atomic mass is 9.50. The van der Waals surface area contributed by atoms with Crippen LogP contribution >= 0.6 is 0 Å². The van der Waals surface area contributed by atoms with Gasteiger partial charge in [0.15, 0.2) is 0 Å². The molecule has 4 aliphatic carbocycles. The first kappa shape index (κ1) is 21.7. The van der Waals surface area contributed by atoms with Crippen LogP contribution in [0.2, 0.25) is 0 Å². The molecule has 2 aromatic heterocycles. The molecular weight excluding hydrogens is 442 g/mol. The van der Waals surface area contributed by atoms with Gasteiger partial charge >= 0.3 is 6.18 Å². The van der Waals surface area contributed by atoms with Gasteiger partial charge in [0, 0.05) is 17.3 Å². The Balaban J connectivity index is 1.36. The molecule has 2 heterocycles. The van der Waals surface area contributed by atoms with Gasteiger partial charge in [-0.1, -0.05) is 0 Å². The Bertz CT molecular complexity index is 1090. The van der Waals surface area contributed by atoms with E-state index in [1.54, 1.807) is 0 Å². The van der Waals surface area contributed by atoms with Gasteiger partial charge in [0.1, 0.15) is 17.2 Å². The van der Waals surface area contributed by atoms with Crippen molar-refractivity contribution in [1.82, 2.24) is 25.6 Å². The molecular formula is C22H21F4N5O2. The molecule has 4 bridgehead atoms. The molecule has 2 unspecified atom stereocenters. The number of pyridine rings is 1. The van der Waals surface area contributed by atoms with Gasteiger partial charge in [0.25, 0.3) is 11.8 Å². The van der Waals surface area contributed by atoms with Crippen molar-refractivity contribution in [1.29, 1.82) is 0 Å². The second-order valence-electron chi connectivity index (χ2n) is 9.55. The van der Waals surface area contributed by atoms with E-state index in [0.29, 0.717) is 19.3 Å². The van der Waals surface area contributed by atoms with E-state index in [1.807, 2.05) is 0 Å². The molecule has 0 spiro atoms. The van der Waals surface area contributed by atoms with Crippen molar-refractivity contribution in [2.24, 2.45) is 11.8 Å². The standard InChI is InChI=1S/C22H21F4N5O2/c23-14-1-2-15(28-10-14)18(32)30-20-6-12-5-13(7-20)9-21(8-12,11-20)31-19(33)17-27-4-3-16(29-17)22(24,25)26/h1-4,10,12-13H,5-9,11H2,(H,30,32)(H,31,33). The first-order chi connectivity index (χ1) is 15.5. The SMILES string of the molecule is O=C(NC12CC3CC(C1)CC(NC(=O)c1nccc(C(F)(F)F)n1)(C3)C2)c1ccc(F)cn1. The van der Waals surface area contributed by atoms with Crippen molar-refractivity contribution >= 4 is 11.8 Å². The maximum absolute atomic E-state index is 13.2. The summed E-state index contributed by atoms with van der Waals surface area (Å²) in [5.74, 6) is -1.73. The largest absolute Gasteiger partial charge is 0.433 e. The zero-order chi connectivity index (χ0) is 23.4. The number of hydrogen-bond acceptors (Lipinski definition) is 5. The quantitative estimate of drug-likeness (QED) is 0.679.